The molecule has 3 rings (SSSR count). The lowest BCUT2D eigenvalue weighted by atomic mass is 10.1. The summed E-state index contributed by atoms with van der Waals surface area (Å²) in [6, 6.07) is 9.86. The zero-order valence-corrected chi connectivity index (χ0v) is 15.6. The van der Waals surface area contributed by atoms with E-state index in [0.717, 1.165) is 0 Å². The van der Waals surface area contributed by atoms with E-state index >= 15 is 0 Å². The van der Waals surface area contributed by atoms with Gasteiger partial charge in [0.25, 0.3) is 5.91 Å². The van der Waals surface area contributed by atoms with E-state index in [1.807, 2.05) is 0 Å². The van der Waals surface area contributed by atoms with Crippen molar-refractivity contribution >= 4 is 40.5 Å². The van der Waals surface area contributed by atoms with E-state index < -0.39 is 23.6 Å². The van der Waals surface area contributed by atoms with Gasteiger partial charge < -0.3 is 10.2 Å². The number of amides is 2. The third-order valence-corrected chi connectivity index (χ3v) is 4.65. The molecule has 1 N–H and O–H groups in total. The van der Waals surface area contributed by atoms with Crippen molar-refractivity contribution in [3.05, 3.63) is 72.8 Å². The van der Waals surface area contributed by atoms with E-state index in [1.54, 1.807) is 11.0 Å². The molecule has 1 unspecified atom stereocenters. The van der Waals surface area contributed by atoms with Gasteiger partial charge in [-0.3, -0.25) is 14.5 Å². The first-order chi connectivity index (χ1) is 13.4. The van der Waals surface area contributed by atoms with Crippen LogP contribution < -0.4 is 10.2 Å². The summed E-state index contributed by atoms with van der Waals surface area (Å²) in [6.07, 6.45) is 1.43. The van der Waals surface area contributed by atoms with E-state index in [1.165, 1.54) is 53.4 Å². The first-order valence-electron chi connectivity index (χ1n) is 8.47. The highest BCUT2D eigenvalue weighted by molar-refractivity contribution is 7.80. The molecule has 1 heterocycles. The van der Waals surface area contributed by atoms with Crippen LogP contribution in [0.1, 0.15) is 6.42 Å². The maximum Gasteiger partial charge on any atom is 0.256 e. The van der Waals surface area contributed by atoms with Gasteiger partial charge in [-0.15, -0.1) is 6.58 Å². The Bertz CT molecular complexity index is 916. The first-order valence-corrected chi connectivity index (χ1v) is 8.88. The first kappa shape index (κ1) is 19.6. The van der Waals surface area contributed by atoms with E-state index in [2.05, 4.69) is 11.9 Å². The van der Waals surface area contributed by atoms with Crippen LogP contribution in [0.15, 0.2) is 61.2 Å². The average molecular weight is 401 g/mol. The molecule has 0 radical (unpaired) electrons. The lowest BCUT2D eigenvalue weighted by Gasteiger charge is -2.22. The van der Waals surface area contributed by atoms with Gasteiger partial charge in [-0.25, -0.2) is 8.78 Å². The van der Waals surface area contributed by atoms with Crippen molar-refractivity contribution in [1.82, 2.24) is 4.90 Å². The fraction of sp³-hybridized carbons (Fsp3) is 0.150. The highest BCUT2D eigenvalue weighted by atomic mass is 32.1. The lowest BCUT2D eigenvalue weighted by Crippen LogP contribution is -2.37. The molecule has 1 atom stereocenters. The van der Waals surface area contributed by atoms with Gasteiger partial charge in [0.05, 0.1) is 12.1 Å². The predicted octanol–water partition coefficient (Wildman–Crippen LogP) is 3.48. The van der Waals surface area contributed by atoms with E-state index in [-0.39, 0.29) is 24.0 Å². The molecule has 0 spiro atoms. The Hall–Kier alpha value is -3.13. The second kappa shape index (κ2) is 8.26. The molecule has 2 amide bonds. The normalized spacial score (nSPS) is 16.4. The minimum atomic E-state index is -0.823. The highest BCUT2D eigenvalue weighted by Gasteiger charge is 2.43. The Balaban J connectivity index is 1.79. The molecule has 1 fully saturated rings. The molecule has 144 valence electrons. The number of hydrogen-bond donors (Lipinski definition) is 1. The molecule has 2 aromatic rings. The van der Waals surface area contributed by atoms with Crippen LogP contribution in [-0.2, 0) is 9.59 Å². The predicted molar refractivity (Wildman–Crippen MR) is 107 cm³/mol. The monoisotopic (exact) mass is 401 g/mol. The second-order valence-electron chi connectivity index (χ2n) is 6.15. The molecule has 1 aliphatic rings. The number of nitrogens with one attached hydrogen (secondary N) is 1. The van der Waals surface area contributed by atoms with Crippen molar-refractivity contribution in [3.8, 4) is 0 Å². The van der Waals surface area contributed by atoms with Crippen molar-refractivity contribution in [1.29, 1.82) is 0 Å². The van der Waals surface area contributed by atoms with E-state index in [0.29, 0.717) is 11.4 Å². The maximum absolute atomic E-state index is 13.2. The molecular weight excluding hydrogens is 384 g/mol. The van der Waals surface area contributed by atoms with Crippen LogP contribution in [0.2, 0.25) is 0 Å². The van der Waals surface area contributed by atoms with Crippen LogP contribution >= 0.6 is 12.2 Å². The standard InChI is InChI=1S/C20H17F2N3O2S/c1-2-11-24-17(12-18(26)23-15-7-3-13(21)4-8-15)19(27)25(20(24)28)16-9-5-14(22)6-10-16/h2-10,17H,1,11-12H2,(H,23,26). The third kappa shape index (κ3) is 4.07. The number of carbonyl (C=O) groups excluding carboxylic acids is 2. The van der Waals surface area contributed by atoms with Crippen LogP contribution in [-0.4, -0.2) is 34.4 Å². The number of anilines is 2. The van der Waals surface area contributed by atoms with Gasteiger partial charge in [0.2, 0.25) is 5.91 Å². The summed E-state index contributed by atoms with van der Waals surface area (Å²) < 4.78 is 26.2. The summed E-state index contributed by atoms with van der Waals surface area (Å²) in [5.74, 6) is -1.64. The number of rotatable bonds is 6. The van der Waals surface area contributed by atoms with Crippen LogP contribution in [0.4, 0.5) is 20.2 Å². The zero-order chi connectivity index (χ0) is 20.3. The van der Waals surface area contributed by atoms with Crippen molar-refractivity contribution in [3.63, 3.8) is 0 Å². The highest BCUT2D eigenvalue weighted by Crippen LogP contribution is 2.27. The summed E-state index contributed by atoms with van der Waals surface area (Å²) in [5.41, 5.74) is 0.844. The van der Waals surface area contributed by atoms with E-state index in [9.17, 15) is 18.4 Å². The summed E-state index contributed by atoms with van der Waals surface area (Å²) in [6.45, 7) is 3.94. The fourth-order valence-corrected chi connectivity index (χ4v) is 3.33. The number of carbonyl (C=O) groups is 2. The van der Waals surface area contributed by atoms with Crippen LogP contribution in [0.5, 0.6) is 0 Å². The van der Waals surface area contributed by atoms with Gasteiger partial charge in [0.1, 0.15) is 17.7 Å². The van der Waals surface area contributed by atoms with Gasteiger partial charge in [-0.2, -0.15) is 0 Å². The molecule has 5 nitrogen and oxygen atoms in total. The quantitative estimate of drug-likeness (QED) is 0.595. The van der Waals surface area contributed by atoms with Crippen molar-refractivity contribution in [2.45, 2.75) is 12.5 Å². The summed E-state index contributed by atoms with van der Waals surface area (Å²) in [4.78, 5) is 28.3. The van der Waals surface area contributed by atoms with Crippen molar-refractivity contribution < 1.29 is 18.4 Å². The molecule has 0 aromatic heterocycles. The molecule has 2 aromatic carbocycles. The second-order valence-corrected chi connectivity index (χ2v) is 6.51. The van der Waals surface area contributed by atoms with Gasteiger partial charge >= 0.3 is 0 Å². The average Bonchev–Trinajstić information content (AvgIpc) is 2.89. The van der Waals surface area contributed by atoms with Crippen LogP contribution in [0.25, 0.3) is 0 Å². The molecule has 1 aliphatic heterocycles. The SMILES string of the molecule is C=CCN1C(=S)N(c2ccc(F)cc2)C(=O)C1CC(=O)Nc1ccc(F)cc1. The van der Waals surface area contributed by atoms with Gasteiger partial charge in [-0.05, 0) is 60.7 Å². The number of nitrogens with zero attached hydrogens (tertiary/aromatic N) is 2. The summed E-state index contributed by atoms with van der Waals surface area (Å²) in [5, 5.41) is 2.85. The third-order valence-electron chi connectivity index (χ3n) is 4.24. The minimum absolute atomic E-state index is 0.151. The lowest BCUT2D eigenvalue weighted by molar-refractivity contribution is -0.124. The molecule has 0 aliphatic carbocycles. The summed E-state index contributed by atoms with van der Waals surface area (Å²) >= 11 is 5.41. The number of hydrogen-bond acceptors (Lipinski definition) is 3. The number of benzene rings is 2. The molecule has 1 saturated heterocycles. The fourth-order valence-electron chi connectivity index (χ4n) is 2.93. The molecule has 8 heteroatoms. The van der Waals surface area contributed by atoms with Crippen molar-refractivity contribution in [2.75, 3.05) is 16.8 Å². The van der Waals surface area contributed by atoms with Crippen molar-refractivity contribution in [2.24, 2.45) is 0 Å². The Morgan fingerprint density at radius 1 is 1.11 bits per heavy atom. The topological polar surface area (TPSA) is 52.7 Å². The minimum Gasteiger partial charge on any atom is -0.332 e. The molecular formula is C20H17F2N3O2S. The van der Waals surface area contributed by atoms with Gasteiger partial charge in [-0.1, -0.05) is 6.08 Å². The van der Waals surface area contributed by atoms with Crippen LogP contribution in [0, 0.1) is 11.6 Å². The largest absolute Gasteiger partial charge is 0.332 e. The Kier molecular flexibility index (Phi) is 5.79. The summed E-state index contributed by atoms with van der Waals surface area (Å²) in [7, 11) is 0. The van der Waals surface area contributed by atoms with Gasteiger partial charge in [0.15, 0.2) is 5.11 Å². The maximum atomic E-state index is 13.2. The molecule has 0 saturated carbocycles. The number of thiocarbonyl (C=S) groups is 1. The zero-order valence-electron chi connectivity index (χ0n) is 14.8. The van der Waals surface area contributed by atoms with Gasteiger partial charge in [0, 0.05) is 12.2 Å². The Morgan fingerprint density at radius 3 is 2.25 bits per heavy atom. The van der Waals surface area contributed by atoms with Crippen LogP contribution in [0.3, 0.4) is 0 Å². The molecule has 0 bridgehead atoms. The Labute approximate surface area is 166 Å². The molecule has 28 heavy (non-hydrogen) atoms. The Morgan fingerprint density at radius 2 is 1.68 bits per heavy atom. The smallest absolute Gasteiger partial charge is 0.256 e. The number of halogens is 2. The van der Waals surface area contributed by atoms with E-state index in [4.69, 9.17) is 12.2 Å².